The minimum Gasteiger partial charge on any atom is -0.472 e. The Morgan fingerprint density at radius 3 is 2.45 bits per heavy atom. The van der Waals surface area contributed by atoms with Crippen LogP contribution < -0.4 is 0 Å². The molecule has 0 spiro atoms. The van der Waals surface area contributed by atoms with Gasteiger partial charge in [-0.3, -0.25) is 14.4 Å². The highest BCUT2D eigenvalue weighted by Gasteiger charge is 2.76. The van der Waals surface area contributed by atoms with E-state index >= 15 is 0 Å². The molecule has 3 saturated carbocycles. The van der Waals surface area contributed by atoms with E-state index in [2.05, 4.69) is 0 Å². The molecule has 0 saturated heterocycles. The van der Waals surface area contributed by atoms with Gasteiger partial charge in [-0.05, 0) is 44.2 Å². The Morgan fingerprint density at radius 2 is 1.86 bits per heavy atom. The van der Waals surface area contributed by atoms with Crippen molar-refractivity contribution in [1.82, 2.24) is 0 Å². The van der Waals surface area contributed by atoms with Gasteiger partial charge in [0, 0.05) is 59.6 Å². The number of aliphatic hydroxyl groups is 1. The Kier molecular flexibility index (Phi) is 7.72. The van der Waals surface area contributed by atoms with Gasteiger partial charge in [-0.1, -0.05) is 26.8 Å². The van der Waals surface area contributed by atoms with Crippen LogP contribution in [-0.4, -0.2) is 59.2 Å². The summed E-state index contributed by atoms with van der Waals surface area (Å²) in [5, 5.41) is 13.0. The number of rotatable bonds is 6. The molecular weight excluding hydrogens is 572 g/mol. The Balaban J connectivity index is 1.75. The average Bonchev–Trinajstić information content (AvgIpc) is 3.49. The molecular formula is C33H40O11. The van der Waals surface area contributed by atoms with Crippen LogP contribution in [0.2, 0.25) is 0 Å². The molecule has 0 radical (unpaired) electrons. The molecule has 1 aliphatic heterocycles. The maximum Gasteiger partial charge on any atom is 0.333 e. The molecule has 8 unspecified atom stereocenters. The molecule has 44 heavy (non-hydrogen) atoms. The van der Waals surface area contributed by atoms with Crippen molar-refractivity contribution in [3.63, 3.8) is 0 Å². The van der Waals surface area contributed by atoms with Crippen LogP contribution in [0.3, 0.4) is 0 Å². The number of methoxy groups -OCH3 is 1. The summed E-state index contributed by atoms with van der Waals surface area (Å²) in [7, 11) is 1.24. The van der Waals surface area contributed by atoms with Crippen LogP contribution in [0.1, 0.15) is 78.9 Å². The van der Waals surface area contributed by atoms with Crippen LogP contribution in [0, 0.1) is 28.6 Å². The number of carbonyl (C=O) groups excluding carboxylic acids is 5. The summed E-state index contributed by atoms with van der Waals surface area (Å²) in [6.07, 6.45) is 3.68. The van der Waals surface area contributed by atoms with E-state index < -0.39 is 88.1 Å². The van der Waals surface area contributed by atoms with Gasteiger partial charge in [0.05, 0.1) is 25.2 Å². The summed E-state index contributed by atoms with van der Waals surface area (Å²) >= 11 is 0. The van der Waals surface area contributed by atoms with Gasteiger partial charge in [-0.25, -0.2) is 9.59 Å². The Hall–Kier alpha value is -3.73. The monoisotopic (exact) mass is 612 g/mol. The molecule has 2 heterocycles. The first-order valence-corrected chi connectivity index (χ1v) is 14.9. The van der Waals surface area contributed by atoms with Crippen LogP contribution >= 0.6 is 0 Å². The number of esters is 4. The zero-order chi connectivity index (χ0) is 32.4. The summed E-state index contributed by atoms with van der Waals surface area (Å²) in [6.45, 7) is 9.78. The van der Waals surface area contributed by atoms with Crippen LogP contribution in [-0.2, 0) is 42.9 Å². The third kappa shape index (κ3) is 4.53. The van der Waals surface area contributed by atoms with E-state index in [1.807, 2.05) is 6.92 Å². The molecule has 11 nitrogen and oxygen atoms in total. The third-order valence-electron chi connectivity index (χ3n) is 10.7. The summed E-state index contributed by atoms with van der Waals surface area (Å²) in [5.41, 5.74) is -4.82. The molecule has 0 amide bonds. The normalized spacial score (nSPS) is 37.5. The van der Waals surface area contributed by atoms with E-state index in [1.54, 1.807) is 39.8 Å². The van der Waals surface area contributed by atoms with Gasteiger partial charge in [0.1, 0.15) is 6.10 Å². The van der Waals surface area contributed by atoms with Crippen LogP contribution in [0.25, 0.3) is 0 Å². The highest BCUT2D eigenvalue weighted by molar-refractivity contribution is 5.97. The third-order valence-corrected chi connectivity index (χ3v) is 10.7. The number of carbonyl (C=O) groups is 5. The first kappa shape index (κ1) is 31.7. The van der Waals surface area contributed by atoms with Gasteiger partial charge >= 0.3 is 23.9 Å². The van der Waals surface area contributed by atoms with Gasteiger partial charge in [0.15, 0.2) is 11.9 Å². The number of ketones is 1. The number of hydrogen-bond donors (Lipinski definition) is 1. The molecule has 11 heteroatoms. The van der Waals surface area contributed by atoms with Crippen molar-refractivity contribution in [3.05, 3.63) is 47.5 Å². The molecule has 1 aromatic rings. The van der Waals surface area contributed by atoms with Crippen molar-refractivity contribution in [2.45, 2.75) is 90.6 Å². The second-order valence-electron chi connectivity index (χ2n) is 13.4. The number of cyclic esters (lactones) is 1. The van der Waals surface area contributed by atoms with Crippen LogP contribution in [0.4, 0.5) is 0 Å². The molecule has 1 aromatic heterocycles. The molecule has 4 aliphatic rings. The number of hydrogen-bond acceptors (Lipinski definition) is 11. The minimum absolute atomic E-state index is 0.213. The van der Waals surface area contributed by atoms with Crippen molar-refractivity contribution in [3.8, 4) is 0 Å². The molecule has 238 valence electrons. The first-order chi connectivity index (χ1) is 20.6. The van der Waals surface area contributed by atoms with Crippen LogP contribution in [0.15, 0.2) is 46.3 Å². The number of furan rings is 1. The van der Waals surface area contributed by atoms with Crippen LogP contribution in [0.5, 0.6) is 0 Å². The number of Topliss-reactive ketones (excluding diaryl/α,β-unsaturated/α-hetero) is 1. The zero-order valence-corrected chi connectivity index (χ0v) is 26.1. The average molecular weight is 613 g/mol. The number of allylic oxidation sites excluding steroid dienone is 1. The zero-order valence-electron chi connectivity index (χ0n) is 26.1. The molecule has 5 rings (SSSR count). The lowest BCUT2D eigenvalue weighted by atomic mass is 9.41. The molecule has 1 N–H and O–H groups in total. The minimum atomic E-state index is -2.12. The smallest absolute Gasteiger partial charge is 0.333 e. The highest BCUT2D eigenvalue weighted by atomic mass is 16.6. The Morgan fingerprint density at radius 1 is 1.16 bits per heavy atom. The van der Waals surface area contributed by atoms with Crippen molar-refractivity contribution in [2.24, 2.45) is 28.6 Å². The first-order valence-electron chi connectivity index (χ1n) is 14.9. The van der Waals surface area contributed by atoms with E-state index in [9.17, 15) is 29.1 Å². The van der Waals surface area contributed by atoms with Gasteiger partial charge < -0.3 is 28.5 Å². The lowest BCUT2D eigenvalue weighted by Gasteiger charge is -2.66. The fourth-order valence-electron chi connectivity index (χ4n) is 8.56. The molecule has 0 aromatic carbocycles. The van der Waals surface area contributed by atoms with Gasteiger partial charge in [0.25, 0.3) is 0 Å². The van der Waals surface area contributed by atoms with Crippen molar-refractivity contribution < 1.29 is 52.4 Å². The largest absolute Gasteiger partial charge is 0.472 e. The van der Waals surface area contributed by atoms with Gasteiger partial charge in [0.2, 0.25) is 5.60 Å². The second kappa shape index (κ2) is 10.7. The predicted octanol–water partition coefficient (Wildman–Crippen LogP) is 3.94. The summed E-state index contributed by atoms with van der Waals surface area (Å²) in [6, 6.07) is 1.69. The summed E-state index contributed by atoms with van der Waals surface area (Å²) < 4.78 is 28.1. The maximum atomic E-state index is 14.7. The SMILES string of the molecule is CC=C(C)C(=O)OC1C2(OC(C)=O)CC3(O)C4=CC(=O)OC(c5ccoc5)C4(C)CCC3C(C2=O)C(CC(=O)OC)C1(C)C. The molecule has 3 fully saturated rings. The van der Waals surface area contributed by atoms with Crippen molar-refractivity contribution in [1.29, 1.82) is 0 Å². The summed E-state index contributed by atoms with van der Waals surface area (Å²) in [5.74, 6) is -5.87. The Bertz CT molecular complexity index is 1450. The maximum absolute atomic E-state index is 14.7. The molecule has 2 bridgehead atoms. The Labute approximate surface area is 255 Å². The van der Waals surface area contributed by atoms with E-state index in [0.717, 1.165) is 6.92 Å². The molecule has 3 aliphatic carbocycles. The van der Waals surface area contributed by atoms with E-state index in [1.165, 1.54) is 25.7 Å². The van der Waals surface area contributed by atoms with Gasteiger partial charge in [-0.15, -0.1) is 0 Å². The topological polar surface area (TPSA) is 156 Å². The van der Waals surface area contributed by atoms with Crippen molar-refractivity contribution >= 4 is 29.7 Å². The van der Waals surface area contributed by atoms with E-state index in [-0.39, 0.29) is 12.0 Å². The fourth-order valence-corrected chi connectivity index (χ4v) is 8.56. The summed E-state index contributed by atoms with van der Waals surface area (Å²) in [4.78, 5) is 66.7. The van der Waals surface area contributed by atoms with E-state index in [0.29, 0.717) is 24.0 Å². The lowest BCUT2D eigenvalue weighted by Crippen LogP contribution is -2.77. The fraction of sp³-hybridized carbons (Fsp3) is 0.606. The molecule has 8 atom stereocenters. The number of fused-ring (bicyclic) bond motifs is 6. The van der Waals surface area contributed by atoms with Crippen molar-refractivity contribution in [2.75, 3.05) is 7.11 Å². The van der Waals surface area contributed by atoms with E-state index in [4.69, 9.17) is 23.4 Å². The van der Waals surface area contributed by atoms with Gasteiger partial charge in [-0.2, -0.15) is 0 Å². The second-order valence-corrected chi connectivity index (χ2v) is 13.4. The number of ether oxygens (including phenoxy) is 4. The lowest BCUT2D eigenvalue weighted by molar-refractivity contribution is -0.261. The quantitative estimate of drug-likeness (QED) is 0.282. The highest BCUT2D eigenvalue weighted by Crippen LogP contribution is 2.68. The standard InChI is InChI=1S/C33H40O11/c1-8-17(2)28(38)43-29-30(4,5)21(13-23(35)40-7)25-20-9-11-31(6)22(14-24(36)42-27(31)19-10-12-41-15-19)32(20,39)16-33(29,26(25)37)44-18(3)34/h8,10,12,14-15,20-21,25,27,29,39H,9,11,13,16H2,1-7H3. The predicted molar refractivity (Wildman–Crippen MR) is 152 cm³/mol.